The molecule has 0 unspecified atom stereocenters. The molecule has 12 heteroatoms. The van der Waals surface area contributed by atoms with Crippen molar-refractivity contribution in [3.05, 3.63) is 30.1 Å². The lowest BCUT2D eigenvalue weighted by Gasteiger charge is -2.17. The van der Waals surface area contributed by atoms with Crippen molar-refractivity contribution in [2.45, 2.75) is 44.3 Å². The molecule has 1 aliphatic rings. The molecule has 1 aliphatic carbocycles. The quantitative estimate of drug-likeness (QED) is 0.208. The highest BCUT2D eigenvalue weighted by Gasteiger charge is 2.36. The van der Waals surface area contributed by atoms with Gasteiger partial charge in [0, 0.05) is 49.0 Å². The van der Waals surface area contributed by atoms with Crippen LogP contribution in [0.15, 0.2) is 24.5 Å². The van der Waals surface area contributed by atoms with Crippen molar-refractivity contribution in [2.75, 3.05) is 52.1 Å². The highest BCUT2D eigenvalue weighted by atomic mass is 31.2. The van der Waals surface area contributed by atoms with Crippen LogP contribution in [0, 0.1) is 0 Å². The van der Waals surface area contributed by atoms with Gasteiger partial charge >= 0.3 is 6.18 Å². The molecule has 1 fully saturated rings. The van der Waals surface area contributed by atoms with Gasteiger partial charge < -0.3 is 29.7 Å². The van der Waals surface area contributed by atoms with Gasteiger partial charge in [-0.15, -0.1) is 0 Å². The van der Waals surface area contributed by atoms with Gasteiger partial charge in [0.2, 0.25) is 5.95 Å². The van der Waals surface area contributed by atoms with Crippen molar-refractivity contribution >= 4 is 29.3 Å². The van der Waals surface area contributed by atoms with E-state index in [4.69, 9.17) is 9.47 Å². The zero-order chi connectivity index (χ0) is 27.3. The van der Waals surface area contributed by atoms with Gasteiger partial charge in [0.1, 0.15) is 18.5 Å². The molecule has 1 aromatic carbocycles. The molecule has 2 heterocycles. The van der Waals surface area contributed by atoms with Crippen molar-refractivity contribution in [3.63, 3.8) is 0 Å². The Morgan fingerprint density at radius 3 is 2.61 bits per heavy atom. The van der Waals surface area contributed by atoms with Crippen LogP contribution in [-0.2, 0) is 15.5 Å². The maximum absolute atomic E-state index is 14.0. The minimum absolute atomic E-state index is 0.147. The Labute approximate surface area is 220 Å². The maximum atomic E-state index is 14.0. The van der Waals surface area contributed by atoms with E-state index in [0.29, 0.717) is 48.2 Å². The Balaban J connectivity index is 1.68. The number of H-pyrrole nitrogens is 1. The van der Waals surface area contributed by atoms with E-state index in [9.17, 15) is 17.7 Å². The third-order valence-corrected chi connectivity index (χ3v) is 8.08. The number of likely N-dealkylation sites (N-methyl/N-ethyl adjacent to an activating group) is 1. The summed E-state index contributed by atoms with van der Waals surface area (Å²) in [7, 11) is -1.03. The first kappa shape index (κ1) is 28.4. The van der Waals surface area contributed by atoms with Gasteiger partial charge in [-0.1, -0.05) is 12.8 Å². The first-order chi connectivity index (χ1) is 18.1. The normalized spacial score (nSPS) is 14.9. The van der Waals surface area contributed by atoms with Crippen LogP contribution in [0.4, 0.5) is 19.1 Å². The van der Waals surface area contributed by atoms with Gasteiger partial charge in [0.15, 0.2) is 0 Å². The number of alkyl halides is 3. The molecular weight excluding hydrogens is 518 g/mol. The molecule has 0 amide bonds. The fourth-order valence-corrected chi connectivity index (χ4v) is 6.14. The number of halogens is 3. The van der Waals surface area contributed by atoms with Crippen molar-refractivity contribution in [1.82, 2.24) is 20.3 Å². The molecular formula is C26H35F3N5O3P. The molecule has 8 nitrogen and oxygen atoms in total. The van der Waals surface area contributed by atoms with Crippen molar-refractivity contribution < 1.29 is 27.2 Å². The van der Waals surface area contributed by atoms with Crippen LogP contribution < -0.4 is 20.7 Å². The van der Waals surface area contributed by atoms with Crippen LogP contribution >= 0.6 is 7.14 Å². The molecule has 0 bridgehead atoms. The summed E-state index contributed by atoms with van der Waals surface area (Å²) < 4.78 is 66.8. The molecule has 0 radical (unpaired) electrons. The topological polar surface area (TPSA) is 101 Å². The Hall–Kier alpha value is -2.62. The number of rotatable bonds is 12. The molecule has 3 N–H and O–H groups in total. The number of aromatic amines is 1. The van der Waals surface area contributed by atoms with Crippen LogP contribution in [0.5, 0.6) is 5.75 Å². The predicted molar refractivity (Wildman–Crippen MR) is 144 cm³/mol. The molecule has 4 rings (SSSR count). The standard InChI is InChI=1S/C26H35F3N5O3P/c1-30-11-14-36-12-6-13-37-21-10-9-18-19(15-31-23(18)24(21)38(2,3)35)22-20(26(27,28)29)16-32-25(34-22)33-17-7-4-5-8-17/h9-10,15-17,30-31H,4-8,11-14H2,1-3H3,(H,32,33,34). The number of nitrogens with one attached hydrogen (secondary N) is 3. The number of ether oxygens (including phenoxy) is 2. The first-order valence-corrected chi connectivity index (χ1v) is 15.5. The number of hydrogen-bond acceptors (Lipinski definition) is 7. The van der Waals surface area contributed by atoms with Crippen LogP contribution in [-0.4, -0.2) is 67.7 Å². The summed E-state index contributed by atoms with van der Waals surface area (Å²) >= 11 is 0. The second-order valence-electron chi connectivity index (χ2n) is 9.89. The second-order valence-corrected chi connectivity index (χ2v) is 13.0. The highest BCUT2D eigenvalue weighted by molar-refractivity contribution is 7.70. The van der Waals surface area contributed by atoms with E-state index in [1.165, 1.54) is 6.20 Å². The Morgan fingerprint density at radius 2 is 1.92 bits per heavy atom. The van der Waals surface area contributed by atoms with E-state index in [0.717, 1.165) is 38.4 Å². The zero-order valence-corrected chi connectivity index (χ0v) is 22.8. The average Bonchev–Trinajstić information content (AvgIpc) is 3.51. The van der Waals surface area contributed by atoms with Gasteiger partial charge in [-0.2, -0.15) is 13.2 Å². The van der Waals surface area contributed by atoms with Gasteiger partial charge in [-0.3, -0.25) is 0 Å². The Morgan fingerprint density at radius 1 is 1.16 bits per heavy atom. The van der Waals surface area contributed by atoms with Gasteiger partial charge in [-0.05, 0) is 45.4 Å². The minimum Gasteiger partial charge on any atom is -0.493 e. The average molecular weight is 554 g/mol. The van der Waals surface area contributed by atoms with E-state index >= 15 is 0 Å². The smallest absolute Gasteiger partial charge is 0.419 e. The van der Waals surface area contributed by atoms with Gasteiger partial charge in [0.25, 0.3) is 0 Å². The summed E-state index contributed by atoms with van der Waals surface area (Å²) in [4.78, 5) is 11.4. The first-order valence-electron chi connectivity index (χ1n) is 12.9. The molecule has 3 aromatic rings. The van der Waals surface area contributed by atoms with E-state index < -0.39 is 18.9 Å². The number of hydrogen-bond donors (Lipinski definition) is 3. The summed E-state index contributed by atoms with van der Waals surface area (Å²) in [5, 5.41) is 7.14. The third kappa shape index (κ3) is 6.68. The van der Waals surface area contributed by atoms with Crippen molar-refractivity contribution in [3.8, 4) is 17.0 Å². The Kier molecular flexibility index (Phi) is 9.00. The lowest BCUT2D eigenvalue weighted by atomic mass is 10.1. The summed E-state index contributed by atoms with van der Waals surface area (Å²) in [6.07, 6.45) is 2.32. The summed E-state index contributed by atoms with van der Waals surface area (Å²) in [6, 6.07) is 3.50. The summed E-state index contributed by atoms with van der Waals surface area (Å²) in [5.41, 5.74) is -0.400. The lowest BCUT2D eigenvalue weighted by Crippen LogP contribution is -2.18. The molecule has 0 atom stereocenters. The van der Waals surface area contributed by atoms with E-state index in [1.807, 2.05) is 7.05 Å². The fourth-order valence-electron chi connectivity index (χ4n) is 4.75. The van der Waals surface area contributed by atoms with Crippen LogP contribution in [0.3, 0.4) is 0 Å². The fraction of sp³-hybridized carbons (Fsp3) is 0.538. The third-order valence-electron chi connectivity index (χ3n) is 6.56. The number of benzene rings is 1. The largest absolute Gasteiger partial charge is 0.493 e. The number of aromatic nitrogens is 3. The zero-order valence-electron chi connectivity index (χ0n) is 22.0. The molecule has 0 aliphatic heterocycles. The maximum Gasteiger partial charge on any atom is 0.419 e. The van der Waals surface area contributed by atoms with Crippen molar-refractivity contribution in [1.29, 1.82) is 0 Å². The highest BCUT2D eigenvalue weighted by Crippen LogP contribution is 2.44. The number of nitrogens with zero attached hydrogens (tertiary/aromatic N) is 2. The number of fused-ring (bicyclic) bond motifs is 1. The SMILES string of the molecule is CNCCOCCCOc1ccc2c(-c3nc(NC4CCCC4)ncc3C(F)(F)F)c[nH]c2c1P(C)(C)=O. The van der Waals surface area contributed by atoms with Gasteiger partial charge in [0.05, 0.1) is 29.7 Å². The van der Waals surface area contributed by atoms with Crippen LogP contribution in [0.2, 0.25) is 0 Å². The lowest BCUT2D eigenvalue weighted by molar-refractivity contribution is -0.137. The van der Waals surface area contributed by atoms with E-state index in [2.05, 4.69) is 25.6 Å². The molecule has 38 heavy (non-hydrogen) atoms. The second kappa shape index (κ2) is 12.1. The van der Waals surface area contributed by atoms with Crippen molar-refractivity contribution in [2.24, 2.45) is 0 Å². The van der Waals surface area contributed by atoms with E-state index in [-0.39, 0.29) is 23.2 Å². The molecule has 0 saturated heterocycles. The Bertz CT molecular complexity index is 1290. The molecule has 1 saturated carbocycles. The number of anilines is 1. The molecule has 2 aromatic heterocycles. The van der Waals surface area contributed by atoms with Crippen LogP contribution in [0.1, 0.15) is 37.7 Å². The van der Waals surface area contributed by atoms with E-state index in [1.54, 1.807) is 25.5 Å². The minimum atomic E-state index is -4.64. The molecule has 0 spiro atoms. The monoisotopic (exact) mass is 553 g/mol. The van der Waals surface area contributed by atoms with Crippen LogP contribution in [0.25, 0.3) is 22.2 Å². The van der Waals surface area contributed by atoms with Gasteiger partial charge in [-0.25, -0.2) is 9.97 Å². The summed E-state index contributed by atoms with van der Waals surface area (Å²) in [6.45, 7) is 5.46. The predicted octanol–water partition coefficient (Wildman–Crippen LogP) is 5.25. The molecule has 208 valence electrons. The summed E-state index contributed by atoms with van der Waals surface area (Å²) in [5.74, 6) is 0.611.